The summed E-state index contributed by atoms with van der Waals surface area (Å²) >= 11 is 0. The summed E-state index contributed by atoms with van der Waals surface area (Å²) in [6, 6.07) is 8.56. The molecule has 8 nitrogen and oxygen atoms in total. The molecule has 0 atom stereocenters. The number of hydrogen-bond acceptors (Lipinski definition) is 6. The molecule has 1 fully saturated rings. The Kier molecular flexibility index (Phi) is 6.15. The summed E-state index contributed by atoms with van der Waals surface area (Å²) in [7, 11) is -2.30. The monoisotopic (exact) mass is 423 g/mol. The van der Waals surface area contributed by atoms with Gasteiger partial charge in [-0.05, 0) is 30.2 Å². The van der Waals surface area contributed by atoms with Crippen LogP contribution in [0.15, 0.2) is 41.3 Å². The van der Waals surface area contributed by atoms with E-state index < -0.39 is 14.9 Å². The zero-order chi connectivity index (χ0) is 21.2. The lowest BCUT2D eigenvalue weighted by Crippen LogP contribution is -2.41. The van der Waals surface area contributed by atoms with Gasteiger partial charge < -0.3 is 9.64 Å². The summed E-state index contributed by atoms with van der Waals surface area (Å²) in [5, 5.41) is 11.2. The highest BCUT2D eigenvalue weighted by Gasteiger charge is 2.31. The van der Waals surface area contributed by atoms with Crippen LogP contribution in [0, 0.1) is 22.9 Å². The molecule has 3 rings (SSSR count). The fourth-order valence-electron chi connectivity index (χ4n) is 3.16. The lowest BCUT2D eigenvalue weighted by atomic mass is 10.1. The average Bonchev–Trinajstić information content (AvgIpc) is 2.71. The SMILES string of the molecule is Cc1ccc(CN(C)c2ccc([N+](=O)[O-])cc2S(=O)(=O)N2CCOCC2)cc1F. The number of anilines is 1. The van der Waals surface area contributed by atoms with Crippen LogP contribution in [0.5, 0.6) is 0 Å². The van der Waals surface area contributed by atoms with Gasteiger partial charge in [0, 0.05) is 38.8 Å². The molecule has 29 heavy (non-hydrogen) atoms. The van der Waals surface area contributed by atoms with Crippen LogP contribution >= 0.6 is 0 Å². The van der Waals surface area contributed by atoms with Gasteiger partial charge in [-0.15, -0.1) is 0 Å². The molecule has 0 spiro atoms. The van der Waals surface area contributed by atoms with E-state index in [1.165, 1.54) is 22.5 Å². The highest BCUT2D eigenvalue weighted by Crippen LogP contribution is 2.32. The van der Waals surface area contributed by atoms with Crippen LogP contribution in [0.1, 0.15) is 11.1 Å². The molecule has 156 valence electrons. The molecule has 0 saturated carbocycles. The Balaban J connectivity index is 2.00. The molecular weight excluding hydrogens is 401 g/mol. The molecule has 1 saturated heterocycles. The van der Waals surface area contributed by atoms with Crippen molar-refractivity contribution in [2.45, 2.75) is 18.4 Å². The first-order chi connectivity index (χ1) is 13.7. The molecule has 0 N–H and O–H groups in total. The number of non-ortho nitro benzene ring substituents is 1. The topological polar surface area (TPSA) is 93.0 Å². The van der Waals surface area contributed by atoms with Crippen LogP contribution in [0.3, 0.4) is 0 Å². The minimum atomic E-state index is -3.97. The van der Waals surface area contributed by atoms with Gasteiger partial charge in [-0.1, -0.05) is 12.1 Å². The third-order valence-corrected chi connectivity index (χ3v) is 6.74. The zero-order valence-corrected chi connectivity index (χ0v) is 17.0. The van der Waals surface area contributed by atoms with Crippen molar-refractivity contribution in [3.8, 4) is 0 Å². The maximum Gasteiger partial charge on any atom is 0.270 e. The van der Waals surface area contributed by atoms with E-state index in [9.17, 15) is 22.9 Å². The Morgan fingerprint density at radius 3 is 2.52 bits per heavy atom. The van der Waals surface area contributed by atoms with E-state index >= 15 is 0 Å². The fourth-order valence-corrected chi connectivity index (χ4v) is 4.82. The Morgan fingerprint density at radius 2 is 1.90 bits per heavy atom. The molecule has 10 heteroatoms. The van der Waals surface area contributed by atoms with Crippen LogP contribution in [0.4, 0.5) is 15.8 Å². The van der Waals surface area contributed by atoms with Crippen molar-refractivity contribution < 1.29 is 22.5 Å². The second-order valence-corrected chi connectivity index (χ2v) is 8.77. The largest absolute Gasteiger partial charge is 0.379 e. The first kappa shape index (κ1) is 21.2. The van der Waals surface area contributed by atoms with Crippen LogP contribution in [0.2, 0.25) is 0 Å². The van der Waals surface area contributed by atoms with Crippen molar-refractivity contribution in [1.82, 2.24) is 4.31 Å². The number of rotatable bonds is 6. The minimum absolute atomic E-state index is 0.149. The van der Waals surface area contributed by atoms with Gasteiger partial charge in [0.05, 0.1) is 23.8 Å². The first-order valence-electron chi connectivity index (χ1n) is 9.02. The van der Waals surface area contributed by atoms with Crippen LogP contribution in [-0.2, 0) is 21.3 Å². The van der Waals surface area contributed by atoms with Crippen molar-refractivity contribution in [2.75, 3.05) is 38.3 Å². The number of ether oxygens (including phenoxy) is 1. The molecule has 0 radical (unpaired) electrons. The normalized spacial score (nSPS) is 15.3. The summed E-state index contributed by atoms with van der Waals surface area (Å²) < 4.78 is 46.7. The molecule has 0 amide bonds. The Morgan fingerprint density at radius 1 is 1.21 bits per heavy atom. The standard InChI is InChI=1S/C19H22FN3O5S/c1-14-3-4-15(11-17(14)20)13-21(2)18-6-5-16(23(24)25)12-19(18)29(26,27)22-7-9-28-10-8-22/h3-6,11-12H,7-10,13H2,1-2H3. The van der Waals surface area contributed by atoms with Gasteiger partial charge in [0.1, 0.15) is 10.7 Å². The Bertz CT molecular complexity index is 1020. The van der Waals surface area contributed by atoms with Gasteiger partial charge >= 0.3 is 0 Å². The van der Waals surface area contributed by atoms with E-state index in [0.717, 1.165) is 6.07 Å². The molecule has 1 heterocycles. The number of halogens is 1. The number of nitrogens with zero attached hydrogens (tertiary/aromatic N) is 3. The van der Waals surface area contributed by atoms with E-state index in [2.05, 4.69) is 0 Å². The summed E-state index contributed by atoms with van der Waals surface area (Å²) in [5.74, 6) is -0.347. The van der Waals surface area contributed by atoms with Gasteiger partial charge in [-0.3, -0.25) is 10.1 Å². The predicted molar refractivity (Wildman–Crippen MR) is 106 cm³/mol. The summed E-state index contributed by atoms with van der Waals surface area (Å²) in [6.07, 6.45) is 0. The van der Waals surface area contributed by atoms with Gasteiger partial charge in [0.15, 0.2) is 0 Å². The van der Waals surface area contributed by atoms with Crippen LogP contribution in [-0.4, -0.2) is 51.0 Å². The molecule has 0 aromatic heterocycles. The zero-order valence-electron chi connectivity index (χ0n) is 16.2. The fraction of sp³-hybridized carbons (Fsp3) is 0.368. The molecule has 0 aliphatic carbocycles. The molecule has 2 aromatic carbocycles. The van der Waals surface area contributed by atoms with E-state index in [1.807, 2.05) is 0 Å². The number of hydrogen-bond donors (Lipinski definition) is 0. The molecule has 0 bridgehead atoms. The van der Waals surface area contributed by atoms with Crippen molar-refractivity contribution in [1.29, 1.82) is 0 Å². The van der Waals surface area contributed by atoms with E-state index in [4.69, 9.17) is 4.74 Å². The molecule has 1 aliphatic rings. The van der Waals surface area contributed by atoms with E-state index in [1.54, 1.807) is 31.0 Å². The number of nitro groups is 1. The molecule has 0 unspecified atom stereocenters. The summed E-state index contributed by atoms with van der Waals surface area (Å²) in [6.45, 7) is 2.78. The van der Waals surface area contributed by atoms with Crippen LogP contribution < -0.4 is 4.90 Å². The van der Waals surface area contributed by atoms with Gasteiger partial charge in [-0.25, -0.2) is 12.8 Å². The summed E-state index contributed by atoms with van der Waals surface area (Å²) in [4.78, 5) is 12.1. The minimum Gasteiger partial charge on any atom is -0.379 e. The van der Waals surface area contributed by atoms with Crippen molar-refractivity contribution in [3.63, 3.8) is 0 Å². The highest BCUT2D eigenvalue weighted by atomic mass is 32.2. The van der Waals surface area contributed by atoms with Gasteiger partial charge in [0.25, 0.3) is 5.69 Å². The lowest BCUT2D eigenvalue weighted by Gasteiger charge is -2.29. The Labute approximate surface area is 168 Å². The van der Waals surface area contributed by atoms with Crippen molar-refractivity contribution >= 4 is 21.4 Å². The first-order valence-corrected chi connectivity index (χ1v) is 10.5. The number of aryl methyl sites for hydroxylation is 1. The number of morpholine rings is 1. The smallest absolute Gasteiger partial charge is 0.270 e. The number of nitro benzene ring substituents is 1. The summed E-state index contributed by atoms with van der Waals surface area (Å²) in [5.41, 5.74) is 1.17. The van der Waals surface area contributed by atoms with E-state index in [0.29, 0.717) is 16.8 Å². The lowest BCUT2D eigenvalue weighted by molar-refractivity contribution is -0.385. The number of benzene rings is 2. The average molecular weight is 423 g/mol. The van der Waals surface area contributed by atoms with Crippen molar-refractivity contribution in [2.24, 2.45) is 0 Å². The maximum absolute atomic E-state index is 13.9. The van der Waals surface area contributed by atoms with E-state index in [-0.39, 0.29) is 49.2 Å². The second-order valence-electron chi connectivity index (χ2n) is 6.87. The van der Waals surface area contributed by atoms with Crippen molar-refractivity contribution in [3.05, 3.63) is 63.5 Å². The second kappa shape index (κ2) is 8.44. The third kappa shape index (κ3) is 4.55. The van der Waals surface area contributed by atoms with Gasteiger partial charge in [0.2, 0.25) is 10.0 Å². The third-order valence-electron chi connectivity index (χ3n) is 4.81. The van der Waals surface area contributed by atoms with Gasteiger partial charge in [-0.2, -0.15) is 4.31 Å². The number of sulfonamides is 1. The quantitative estimate of drug-likeness (QED) is 0.524. The highest BCUT2D eigenvalue weighted by molar-refractivity contribution is 7.89. The maximum atomic E-state index is 13.9. The van der Waals surface area contributed by atoms with Crippen LogP contribution in [0.25, 0.3) is 0 Å². The molecule has 1 aliphatic heterocycles. The molecule has 2 aromatic rings. The Hall–Kier alpha value is -2.56. The molecular formula is C19H22FN3O5S. The predicted octanol–water partition coefficient (Wildman–Crippen LogP) is 2.70.